The van der Waals surface area contributed by atoms with E-state index >= 15 is 0 Å². The first kappa shape index (κ1) is 59.6. The predicted molar refractivity (Wildman–Crippen MR) is 269 cm³/mol. The van der Waals surface area contributed by atoms with Gasteiger partial charge < -0.3 is 90.4 Å². The second-order valence-electron chi connectivity index (χ2n) is 17.5. The SMILES string of the molecule is NCCCC[C@H](NC(=O)[C@H](CCC(=O)O)NC(=O)[C@H](Cc1cnc[nH]1)NC(=O)CNC(=O)[C@H](Cc1c[nH]c2ccccc12)NC(=O)[C@H](CC(=O)O)NC(=O)[C@H](Cc1cnc[nH]1)NC(=O)[C@@H](N)CCCN=C(N)N)C(=O)O. The topological polar surface area (TPSA) is 505 Å². The van der Waals surface area contributed by atoms with Crippen LogP contribution >= 0.6 is 0 Å². The molecule has 76 heavy (non-hydrogen) atoms. The smallest absolute Gasteiger partial charge is 0.326 e. The van der Waals surface area contributed by atoms with E-state index in [0.717, 1.165) is 0 Å². The number of fused-ring (bicyclic) bond motifs is 1. The van der Waals surface area contributed by atoms with Crippen LogP contribution in [-0.2, 0) is 67.2 Å². The zero-order valence-corrected chi connectivity index (χ0v) is 41.2. The molecule has 0 saturated carbocycles. The van der Waals surface area contributed by atoms with Gasteiger partial charge in [0.15, 0.2) is 5.96 Å². The molecule has 30 nitrogen and oxygen atoms in total. The number of benzene rings is 1. The number of nitrogens with two attached hydrogens (primary N) is 4. The lowest BCUT2D eigenvalue weighted by atomic mass is 10.0. The molecule has 0 radical (unpaired) electrons. The van der Waals surface area contributed by atoms with Crippen LogP contribution in [0.2, 0.25) is 0 Å². The maximum atomic E-state index is 14.1. The van der Waals surface area contributed by atoms with Crippen LogP contribution in [0.15, 0.2) is 60.5 Å². The Morgan fingerprint density at radius 1 is 0.605 bits per heavy atom. The van der Waals surface area contributed by atoms with Crippen LogP contribution < -0.4 is 60.2 Å². The number of aliphatic imine (C=N–C) groups is 1. The van der Waals surface area contributed by atoms with Gasteiger partial charge in [-0.2, -0.15) is 0 Å². The zero-order chi connectivity index (χ0) is 55.7. The van der Waals surface area contributed by atoms with E-state index < -0.39 is 127 Å². The summed E-state index contributed by atoms with van der Waals surface area (Å²) in [5.41, 5.74) is 24.1. The van der Waals surface area contributed by atoms with E-state index in [-0.39, 0.29) is 51.2 Å². The van der Waals surface area contributed by atoms with Crippen LogP contribution in [-0.4, -0.2) is 167 Å². The van der Waals surface area contributed by atoms with E-state index in [9.17, 15) is 63.3 Å². The molecule has 3 heterocycles. The molecule has 0 aliphatic heterocycles. The number of hydrogen-bond donors (Lipinski definition) is 17. The van der Waals surface area contributed by atoms with Crippen molar-refractivity contribution >= 4 is 76.1 Å². The first-order valence-corrected chi connectivity index (χ1v) is 24.0. The van der Waals surface area contributed by atoms with E-state index in [2.05, 4.69) is 67.1 Å². The van der Waals surface area contributed by atoms with Gasteiger partial charge in [-0.3, -0.25) is 48.1 Å². The summed E-state index contributed by atoms with van der Waals surface area (Å²) < 4.78 is 0. The third kappa shape index (κ3) is 20.2. The fraction of sp³-hybridized carbons (Fsp3) is 0.457. The van der Waals surface area contributed by atoms with Crippen molar-refractivity contribution in [2.75, 3.05) is 19.6 Å². The maximum Gasteiger partial charge on any atom is 0.326 e. The molecule has 0 aliphatic carbocycles. The van der Waals surface area contributed by atoms with Crippen molar-refractivity contribution in [3.63, 3.8) is 0 Å². The number of carbonyl (C=O) groups is 10. The number of hydrogen-bond acceptors (Lipinski definition) is 15. The molecule has 0 saturated heterocycles. The van der Waals surface area contributed by atoms with E-state index in [1.807, 2.05) is 0 Å². The quantitative estimate of drug-likeness (QED) is 0.0119. The molecule has 0 unspecified atom stereocenters. The van der Waals surface area contributed by atoms with Gasteiger partial charge in [-0.25, -0.2) is 14.8 Å². The van der Waals surface area contributed by atoms with Gasteiger partial charge in [0.05, 0.1) is 31.7 Å². The molecule has 412 valence electrons. The molecule has 4 rings (SSSR count). The number of carbonyl (C=O) groups excluding carboxylic acids is 7. The Balaban J connectivity index is 1.54. The van der Waals surface area contributed by atoms with Crippen molar-refractivity contribution in [1.29, 1.82) is 0 Å². The van der Waals surface area contributed by atoms with Gasteiger partial charge in [-0.05, 0) is 56.7 Å². The highest BCUT2D eigenvalue weighted by atomic mass is 16.4. The summed E-state index contributed by atoms with van der Waals surface area (Å²) in [6.45, 7) is -0.394. The second kappa shape index (κ2) is 30.3. The number of nitrogens with one attached hydrogen (secondary N) is 10. The number of guanidine groups is 1. The number of unbranched alkanes of at least 4 members (excludes halogenated alkanes) is 1. The Kier molecular flexibility index (Phi) is 23.8. The molecule has 0 fully saturated rings. The van der Waals surface area contributed by atoms with Crippen LogP contribution in [0.4, 0.5) is 0 Å². The molecule has 7 amide bonds. The Hall–Kier alpha value is -8.93. The lowest BCUT2D eigenvalue weighted by molar-refractivity contribution is -0.143. The Labute approximate surface area is 433 Å². The predicted octanol–water partition coefficient (Wildman–Crippen LogP) is -4.40. The molecule has 0 aliphatic rings. The molecule has 0 spiro atoms. The number of aromatic nitrogens is 5. The lowest BCUT2D eigenvalue weighted by Gasteiger charge is -2.25. The number of rotatable bonds is 34. The highest BCUT2D eigenvalue weighted by Gasteiger charge is 2.34. The first-order chi connectivity index (χ1) is 36.2. The number of para-hydroxylation sites is 1. The summed E-state index contributed by atoms with van der Waals surface area (Å²) in [4.78, 5) is 152. The van der Waals surface area contributed by atoms with Gasteiger partial charge >= 0.3 is 17.9 Å². The minimum absolute atomic E-state index is 0.00976. The first-order valence-electron chi connectivity index (χ1n) is 24.0. The van der Waals surface area contributed by atoms with Crippen LogP contribution in [0.5, 0.6) is 0 Å². The number of nitrogens with zero attached hydrogens (tertiary/aromatic N) is 3. The Morgan fingerprint density at radius 2 is 1.17 bits per heavy atom. The largest absolute Gasteiger partial charge is 0.481 e. The molecule has 1 aromatic carbocycles. The maximum absolute atomic E-state index is 14.1. The Bertz CT molecular complexity index is 2640. The number of imidazole rings is 2. The molecule has 30 heteroatoms. The van der Waals surface area contributed by atoms with Gasteiger partial charge in [0.25, 0.3) is 0 Å². The summed E-state index contributed by atoms with van der Waals surface area (Å²) in [6, 6.07) is -3.51. The number of aromatic amines is 3. The summed E-state index contributed by atoms with van der Waals surface area (Å²) in [5.74, 6) is -11.3. The van der Waals surface area contributed by atoms with E-state index in [0.29, 0.717) is 47.1 Å². The lowest BCUT2D eigenvalue weighted by Crippen LogP contribution is -2.59. The van der Waals surface area contributed by atoms with Crippen LogP contribution in [0.3, 0.4) is 0 Å². The molecular weight excluding hydrogens is 999 g/mol. The van der Waals surface area contributed by atoms with E-state index in [4.69, 9.17) is 22.9 Å². The van der Waals surface area contributed by atoms with Crippen LogP contribution in [0, 0.1) is 0 Å². The third-order valence-electron chi connectivity index (χ3n) is 11.6. The summed E-state index contributed by atoms with van der Waals surface area (Å²) in [5, 5.41) is 46.6. The Morgan fingerprint density at radius 3 is 1.76 bits per heavy atom. The normalized spacial score (nSPS) is 13.8. The summed E-state index contributed by atoms with van der Waals surface area (Å²) in [6.07, 6.45) is 5.29. The van der Waals surface area contributed by atoms with Crippen molar-refractivity contribution in [2.24, 2.45) is 27.9 Å². The average molecular weight is 1060 g/mol. The van der Waals surface area contributed by atoms with Crippen LogP contribution in [0.25, 0.3) is 10.9 Å². The van der Waals surface area contributed by atoms with Gasteiger partial charge in [0.1, 0.15) is 36.3 Å². The number of aliphatic carboxylic acids is 3. The van der Waals surface area contributed by atoms with Crippen molar-refractivity contribution in [3.05, 3.63) is 72.5 Å². The number of amides is 7. The minimum Gasteiger partial charge on any atom is -0.481 e. The van der Waals surface area contributed by atoms with Crippen LogP contribution in [0.1, 0.15) is 68.3 Å². The average Bonchev–Trinajstić information content (AvgIpc) is 4.18. The van der Waals surface area contributed by atoms with Gasteiger partial charge in [-0.1, -0.05) is 18.2 Å². The van der Waals surface area contributed by atoms with Crippen molar-refractivity contribution in [1.82, 2.24) is 62.1 Å². The van der Waals surface area contributed by atoms with Crippen molar-refractivity contribution in [3.8, 4) is 0 Å². The fourth-order valence-corrected chi connectivity index (χ4v) is 7.61. The third-order valence-corrected chi connectivity index (χ3v) is 11.6. The minimum atomic E-state index is -1.85. The zero-order valence-electron chi connectivity index (χ0n) is 41.2. The molecular formula is C46H65N17O13. The molecule has 21 N–H and O–H groups in total. The van der Waals surface area contributed by atoms with Gasteiger partial charge in [0.2, 0.25) is 41.4 Å². The van der Waals surface area contributed by atoms with E-state index in [1.165, 1.54) is 25.0 Å². The van der Waals surface area contributed by atoms with Crippen molar-refractivity contribution < 1.29 is 63.3 Å². The van der Waals surface area contributed by atoms with Gasteiger partial charge in [0, 0.05) is 73.1 Å². The molecule has 7 atom stereocenters. The van der Waals surface area contributed by atoms with E-state index in [1.54, 1.807) is 30.5 Å². The fourth-order valence-electron chi connectivity index (χ4n) is 7.61. The monoisotopic (exact) mass is 1060 g/mol. The summed E-state index contributed by atoms with van der Waals surface area (Å²) >= 11 is 0. The highest BCUT2D eigenvalue weighted by molar-refractivity contribution is 5.98. The standard InChI is InChI=1S/C46H65N17O13/c47-12-4-3-9-31(45(75)76)60-41(71)30(10-11-37(65)66)59-42(72)33(15-25-19-51-22-56-25)58-36(64)21-55-40(70)32(14-24-18-54-29-8-2-1-6-27(24)29)62-44(74)35(17-38(67)68)63-43(73)34(16-26-20-52-23-57-26)61-39(69)28(48)7-5-13-53-46(49)50/h1-2,6,8,18-20,22-23,28,30-35,54H,3-5,7,9-17,21,47-48H2,(H,51,56)(H,52,57)(H,55,70)(H,58,64)(H,59,72)(H,60,71)(H,61,69)(H,62,74)(H,63,73)(H,65,66)(H,67,68)(H,75,76)(H4,49,50,53)/t28-,30-,31-,32-,33-,34-,35-/m0/s1. The molecule has 0 bridgehead atoms. The van der Waals surface area contributed by atoms with Crippen molar-refractivity contribution in [2.45, 2.75) is 113 Å². The highest BCUT2D eigenvalue weighted by Crippen LogP contribution is 2.19. The number of H-pyrrole nitrogens is 3. The second-order valence-corrected chi connectivity index (χ2v) is 17.5. The number of carboxylic acids is 3. The molecule has 3 aromatic heterocycles. The summed E-state index contributed by atoms with van der Waals surface area (Å²) in [7, 11) is 0. The number of carboxylic acid groups (broad SMARTS) is 3. The molecule has 4 aromatic rings. The van der Waals surface area contributed by atoms with Gasteiger partial charge in [-0.15, -0.1) is 0 Å².